The molecule has 15 heteroatoms. The largest absolute Gasteiger partial charge is 0.496 e. The summed E-state index contributed by atoms with van der Waals surface area (Å²) in [6, 6.07) is 3.60. The average Bonchev–Trinajstić information content (AvgIpc) is 3.57. The fourth-order valence-corrected chi connectivity index (χ4v) is 5.93. The molecule has 3 N–H and O–H groups in total. The highest BCUT2D eigenvalue weighted by atomic mass is 32.1. The molecule has 1 atom stereocenters. The van der Waals surface area contributed by atoms with Gasteiger partial charge in [-0.1, -0.05) is 11.3 Å². The molecule has 3 aromatic heterocycles. The first-order chi connectivity index (χ1) is 20.3. The first-order valence-electron chi connectivity index (χ1n) is 13.5. The summed E-state index contributed by atoms with van der Waals surface area (Å²) in [5, 5.41) is 11.8. The second-order valence-electron chi connectivity index (χ2n) is 10.7. The summed E-state index contributed by atoms with van der Waals surface area (Å²) >= 11 is 1.11. The van der Waals surface area contributed by atoms with Gasteiger partial charge in [0.1, 0.15) is 33.0 Å². The standard InChI is InChI=1S/C28H34FN7O6S/c1-15(2)33-26(39)28(4,5)35-23(38)22-16(3)24(36-31-10-11-32-36)43-25(22)34(27(35)40)14-20(42-12-9-21(30)37)18-13-17(29)7-8-19(18)41-6/h7-8,10-11,13,15,20H,9,12,14H2,1-6H3,(H2,30,37)(H,33,39)/t20-/m0/s1. The number of amides is 2. The quantitative estimate of drug-likeness (QED) is 0.245. The van der Waals surface area contributed by atoms with Crippen molar-refractivity contribution in [2.75, 3.05) is 13.7 Å². The van der Waals surface area contributed by atoms with E-state index in [4.69, 9.17) is 15.2 Å². The molecule has 4 rings (SSSR count). The molecule has 43 heavy (non-hydrogen) atoms. The third-order valence-corrected chi connectivity index (χ3v) is 8.16. The Bertz CT molecular complexity index is 1770. The molecule has 230 valence electrons. The Balaban J connectivity index is 2.02. The lowest BCUT2D eigenvalue weighted by atomic mass is 10.0. The van der Waals surface area contributed by atoms with Crippen molar-refractivity contribution in [3.8, 4) is 10.8 Å². The van der Waals surface area contributed by atoms with Crippen LogP contribution >= 0.6 is 11.3 Å². The minimum Gasteiger partial charge on any atom is -0.496 e. The van der Waals surface area contributed by atoms with E-state index in [0.717, 1.165) is 15.9 Å². The van der Waals surface area contributed by atoms with E-state index < -0.39 is 40.5 Å². The fourth-order valence-electron chi connectivity index (χ4n) is 4.71. The second kappa shape index (κ2) is 12.5. The van der Waals surface area contributed by atoms with Crippen molar-refractivity contribution >= 4 is 33.4 Å². The number of carbonyl (C=O) groups excluding carboxylic acids is 2. The first-order valence-corrected chi connectivity index (χ1v) is 14.3. The van der Waals surface area contributed by atoms with Crippen LogP contribution in [-0.4, -0.2) is 55.7 Å². The van der Waals surface area contributed by atoms with Crippen molar-refractivity contribution in [1.82, 2.24) is 29.4 Å². The molecule has 2 amide bonds. The fraction of sp³-hybridized carbons (Fsp3) is 0.429. The second-order valence-corrected chi connectivity index (χ2v) is 11.7. The van der Waals surface area contributed by atoms with Crippen molar-refractivity contribution in [2.24, 2.45) is 5.73 Å². The number of methoxy groups -OCH3 is 1. The number of primary amides is 1. The number of carbonyl (C=O) groups is 2. The van der Waals surface area contributed by atoms with Crippen molar-refractivity contribution in [3.05, 3.63) is 68.4 Å². The minimum absolute atomic E-state index is 0.131. The highest BCUT2D eigenvalue weighted by molar-refractivity contribution is 7.21. The average molecular weight is 616 g/mol. The highest BCUT2D eigenvalue weighted by Crippen LogP contribution is 2.34. The first kappa shape index (κ1) is 31.6. The zero-order valence-electron chi connectivity index (χ0n) is 24.7. The van der Waals surface area contributed by atoms with Crippen molar-refractivity contribution < 1.29 is 23.5 Å². The van der Waals surface area contributed by atoms with Gasteiger partial charge >= 0.3 is 5.69 Å². The van der Waals surface area contributed by atoms with Gasteiger partial charge in [-0.3, -0.25) is 19.0 Å². The van der Waals surface area contributed by atoms with E-state index >= 15 is 0 Å². The van der Waals surface area contributed by atoms with E-state index in [1.54, 1.807) is 20.8 Å². The summed E-state index contributed by atoms with van der Waals surface area (Å²) in [6.45, 7) is 7.84. The van der Waals surface area contributed by atoms with E-state index in [2.05, 4.69) is 15.5 Å². The minimum atomic E-state index is -1.61. The van der Waals surface area contributed by atoms with Crippen molar-refractivity contribution in [1.29, 1.82) is 0 Å². The summed E-state index contributed by atoms with van der Waals surface area (Å²) in [5.41, 5.74) is 3.02. The van der Waals surface area contributed by atoms with Crippen LogP contribution in [0.25, 0.3) is 15.2 Å². The molecule has 1 aromatic carbocycles. The van der Waals surface area contributed by atoms with E-state index in [-0.39, 0.29) is 47.1 Å². The summed E-state index contributed by atoms with van der Waals surface area (Å²) in [6.07, 6.45) is 1.80. The van der Waals surface area contributed by atoms with E-state index in [0.29, 0.717) is 10.6 Å². The maximum absolute atomic E-state index is 14.5. The Morgan fingerprint density at radius 3 is 2.47 bits per heavy atom. The van der Waals surface area contributed by atoms with Gasteiger partial charge in [0.05, 0.1) is 38.0 Å². The van der Waals surface area contributed by atoms with Crippen LogP contribution in [0.1, 0.15) is 51.3 Å². The zero-order chi connectivity index (χ0) is 31.6. The molecule has 0 saturated carbocycles. The van der Waals surface area contributed by atoms with Crippen molar-refractivity contribution in [3.63, 3.8) is 0 Å². The molecule has 0 aliphatic rings. The molecule has 0 radical (unpaired) electrons. The molecule has 0 bridgehead atoms. The van der Waals surface area contributed by atoms with E-state index in [1.807, 2.05) is 0 Å². The normalized spacial score (nSPS) is 12.6. The number of ether oxygens (including phenoxy) is 2. The molecular formula is C28H34FN7O6S. The maximum atomic E-state index is 14.5. The van der Waals surface area contributed by atoms with Crippen LogP contribution in [0.4, 0.5) is 4.39 Å². The number of nitrogens with one attached hydrogen (secondary N) is 1. The number of nitrogens with zero attached hydrogens (tertiary/aromatic N) is 5. The Labute approximate surface area is 250 Å². The Kier molecular flexibility index (Phi) is 9.15. The summed E-state index contributed by atoms with van der Waals surface area (Å²) in [5.74, 6) is -1.44. The van der Waals surface area contributed by atoms with Crippen LogP contribution in [0.3, 0.4) is 0 Å². The summed E-state index contributed by atoms with van der Waals surface area (Å²) < 4.78 is 28.2. The van der Waals surface area contributed by atoms with Gasteiger partial charge in [0, 0.05) is 23.6 Å². The smallest absolute Gasteiger partial charge is 0.333 e. The molecule has 0 aliphatic heterocycles. The lowest BCUT2D eigenvalue weighted by molar-refractivity contribution is -0.129. The predicted octanol–water partition coefficient (Wildman–Crippen LogP) is 2.15. The highest BCUT2D eigenvalue weighted by Gasteiger charge is 2.36. The number of halogens is 1. The van der Waals surface area contributed by atoms with Crippen LogP contribution in [0, 0.1) is 12.7 Å². The van der Waals surface area contributed by atoms with Gasteiger partial charge in [-0.25, -0.2) is 13.8 Å². The molecular weight excluding hydrogens is 581 g/mol. The van der Waals surface area contributed by atoms with Gasteiger partial charge in [-0.05, 0) is 52.8 Å². The van der Waals surface area contributed by atoms with Crippen LogP contribution in [0.5, 0.6) is 5.75 Å². The lowest BCUT2D eigenvalue weighted by Crippen LogP contribution is -2.56. The summed E-state index contributed by atoms with van der Waals surface area (Å²) in [4.78, 5) is 54.8. The van der Waals surface area contributed by atoms with E-state index in [9.17, 15) is 23.6 Å². The third-order valence-electron chi connectivity index (χ3n) is 6.88. The Morgan fingerprint density at radius 2 is 1.86 bits per heavy atom. The summed E-state index contributed by atoms with van der Waals surface area (Å²) in [7, 11) is 1.41. The number of fused-ring (bicyclic) bond motifs is 1. The molecule has 0 fully saturated rings. The number of thiophene rings is 1. The molecule has 13 nitrogen and oxygen atoms in total. The number of aryl methyl sites for hydroxylation is 1. The lowest BCUT2D eigenvalue weighted by Gasteiger charge is -2.28. The molecule has 4 aromatic rings. The van der Waals surface area contributed by atoms with Crippen molar-refractivity contribution in [2.45, 2.75) is 65.3 Å². The van der Waals surface area contributed by atoms with E-state index in [1.165, 1.54) is 60.9 Å². The molecule has 0 unspecified atom stereocenters. The van der Waals surface area contributed by atoms with Gasteiger partial charge < -0.3 is 20.5 Å². The number of nitrogens with two attached hydrogens (primary N) is 1. The van der Waals surface area contributed by atoms with Crippen LogP contribution in [0.15, 0.2) is 40.2 Å². The van der Waals surface area contributed by atoms with Gasteiger partial charge in [-0.2, -0.15) is 10.2 Å². The van der Waals surface area contributed by atoms with Crippen LogP contribution < -0.4 is 27.0 Å². The van der Waals surface area contributed by atoms with Gasteiger partial charge in [0.2, 0.25) is 11.8 Å². The maximum Gasteiger partial charge on any atom is 0.333 e. The molecule has 0 spiro atoms. The molecule has 0 saturated heterocycles. The Morgan fingerprint density at radius 1 is 1.19 bits per heavy atom. The van der Waals surface area contributed by atoms with Crippen LogP contribution in [0.2, 0.25) is 0 Å². The SMILES string of the molecule is COc1ccc(F)cc1[C@H](Cn1c(=O)n(C(C)(C)C(=O)NC(C)C)c(=O)c2c(C)c(-n3nccn3)sc21)OCCC(N)=O. The Hall–Kier alpha value is -4.37. The predicted molar refractivity (Wildman–Crippen MR) is 158 cm³/mol. The third kappa shape index (κ3) is 6.22. The monoisotopic (exact) mass is 615 g/mol. The van der Waals surface area contributed by atoms with Crippen LogP contribution in [-0.2, 0) is 26.4 Å². The topological polar surface area (TPSA) is 165 Å². The number of hydrogen-bond donors (Lipinski definition) is 2. The number of hydrogen-bond acceptors (Lipinski definition) is 9. The van der Waals surface area contributed by atoms with Gasteiger partial charge in [-0.15, -0.1) is 4.80 Å². The van der Waals surface area contributed by atoms with Gasteiger partial charge in [0.25, 0.3) is 5.56 Å². The van der Waals surface area contributed by atoms with Gasteiger partial charge in [0.15, 0.2) is 0 Å². The number of aromatic nitrogens is 5. The molecule has 3 heterocycles. The zero-order valence-corrected chi connectivity index (χ0v) is 25.5. The number of benzene rings is 1. The number of rotatable bonds is 12. The molecule has 0 aliphatic carbocycles.